The lowest BCUT2D eigenvalue weighted by Gasteiger charge is -2.17. The maximum Gasteiger partial charge on any atom is 0.346 e. The van der Waals surface area contributed by atoms with E-state index in [1.807, 2.05) is 24.3 Å². The van der Waals surface area contributed by atoms with Gasteiger partial charge in [0.25, 0.3) is 5.56 Å². The van der Waals surface area contributed by atoms with Crippen molar-refractivity contribution >= 4 is 50.0 Å². The number of ether oxygens (including phenoxy) is 3. The summed E-state index contributed by atoms with van der Waals surface area (Å²) in [6.45, 7) is 1.56. The lowest BCUT2D eigenvalue weighted by Crippen LogP contribution is -2.25. The Morgan fingerprint density at radius 3 is 2.71 bits per heavy atom. The third-order valence-electron chi connectivity index (χ3n) is 5.82. The second-order valence-corrected chi connectivity index (χ2v) is 9.18. The zero-order chi connectivity index (χ0) is 26.8. The molecule has 0 saturated carbocycles. The van der Waals surface area contributed by atoms with Crippen LogP contribution in [-0.4, -0.2) is 42.2 Å². The molecule has 0 fully saturated rings. The summed E-state index contributed by atoms with van der Waals surface area (Å²) in [5.41, 5.74) is 1.25. The van der Waals surface area contributed by atoms with Crippen LogP contribution in [0, 0.1) is 0 Å². The van der Waals surface area contributed by atoms with Gasteiger partial charge >= 0.3 is 5.97 Å². The normalized spacial score (nSPS) is 12.2. The number of hydrogen-bond donors (Lipinski definition) is 0. The Hall–Kier alpha value is -4.44. The van der Waals surface area contributed by atoms with Crippen molar-refractivity contribution in [1.82, 2.24) is 9.66 Å². The smallest absolute Gasteiger partial charge is 0.346 e. The summed E-state index contributed by atoms with van der Waals surface area (Å²) < 4.78 is 24.2. The van der Waals surface area contributed by atoms with Crippen molar-refractivity contribution in [2.45, 2.75) is 13.0 Å². The first kappa shape index (κ1) is 25.2. The van der Waals surface area contributed by atoms with E-state index in [0.717, 1.165) is 9.86 Å². The summed E-state index contributed by atoms with van der Waals surface area (Å²) >= 11 is 3.47. The van der Waals surface area contributed by atoms with E-state index in [1.165, 1.54) is 25.1 Å². The fourth-order valence-corrected chi connectivity index (χ4v) is 4.33. The molecule has 0 radical (unpaired) electrons. The molecular formula is C28H22BrN3O6. The third-order valence-corrected chi connectivity index (χ3v) is 6.32. The van der Waals surface area contributed by atoms with E-state index >= 15 is 0 Å². The van der Waals surface area contributed by atoms with Gasteiger partial charge in [0.2, 0.25) is 5.82 Å². The topological polar surface area (TPSA) is 105 Å². The minimum absolute atomic E-state index is 0.227. The number of esters is 1. The van der Waals surface area contributed by atoms with Crippen LogP contribution in [0.2, 0.25) is 0 Å². The van der Waals surface area contributed by atoms with E-state index in [9.17, 15) is 9.59 Å². The molecule has 38 heavy (non-hydrogen) atoms. The molecule has 9 nitrogen and oxygen atoms in total. The summed E-state index contributed by atoms with van der Waals surface area (Å²) in [7, 11) is 2.77. The molecule has 0 bridgehead atoms. The summed E-state index contributed by atoms with van der Waals surface area (Å²) in [6.07, 6.45) is 0.543. The van der Waals surface area contributed by atoms with Crippen LogP contribution in [0.1, 0.15) is 12.5 Å². The molecule has 3 aromatic carbocycles. The van der Waals surface area contributed by atoms with Crippen molar-refractivity contribution in [3.8, 4) is 23.1 Å². The highest BCUT2D eigenvalue weighted by atomic mass is 79.9. The molecule has 0 N–H and O–H groups in total. The molecule has 0 unspecified atom stereocenters. The number of hydrogen-bond acceptors (Lipinski definition) is 8. The van der Waals surface area contributed by atoms with Crippen LogP contribution in [0.4, 0.5) is 0 Å². The zero-order valence-electron chi connectivity index (χ0n) is 20.7. The number of furan rings is 1. The van der Waals surface area contributed by atoms with Gasteiger partial charge in [0.1, 0.15) is 5.58 Å². The van der Waals surface area contributed by atoms with Gasteiger partial charge in [-0.15, -0.1) is 0 Å². The Morgan fingerprint density at radius 2 is 1.92 bits per heavy atom. The molecule has 192 valence electrons. The Balaban J connectivity index is 1.67. The minimum Gasteiger partial charge on any atom is -0.493 e. The molecule has 2 heterocycles. The fraction of sp³-hybridized carbons (Fsp3) is 0.143. The van der Waals surface area contributed by atoms with Gasteiger partial charge in [0.05, 0.1) is 31.3 Å². The van der Waals surface area contributed by atoms with Crippen LogP contribution in [0.25, 0.3) is 33.5 Å². The average Bonchev–Trinajstić information content (AvgIpc) is 3.35. The predicted octanol–water partition coefficient (Wildman–Crippen LogP) is 5.40. The Labute approximate surface area is 225 Å². The predicted molar refractivity (Wildman–Crippen MR) is 147 cm³/mol. The highest BCUT2D eigenvalue weighted by Crippen LogP contribution is 2.32. The third kappa shape index (κ3) is 4.78. The average molecular weight is 576 g/mol. The number of fused-ring (bicyclic) bond motifs is 2. The van der Waals surface area contributed by atoms with Crippen LogP contribution in [0.5, 0.6) is 11.5 Å². The standard InChI is InChI=1S/C28H22BrN3O6/c1-16(28(34)36-3)37-25-17(7-6-10-23(25)35-2)15-30-32-26(31-21-9-5-4-8-20(21)27(32)33)24-14-18-13-19(29)11-12-22(18)38-24/h4-16H,1-3H3/t16-/m0/s1. The SMILES string of the molecule is COC(=O)[C@H](C)Oc1c(C=Nn2c(-c3cc4cc(Br)ccc4o3)nc3ccccc3c2=O)cccc1OC. The van der Waals surface area contributed by atoms with Crippen LogP contribution < -0.4 is 15.0 Å². The summed E-state index contributed by atoms with van der Waals surface area (Å²) in [5, 5.41) is 5.73. The largest absolute Gasteiger partial charge is 0.493 e. The van der Waals surface area contributed by atoms with Gasteiger partial charge in [-0.2, -0.15) is 9.78 Å². The van der Waals surface area contributed by atoms with Crippen molar-refractivity contribution in [2.75, 3.05) is 14.2 Å². The van der Waals surface area contributed by atoms with Crippen molar-refractivity contribution in [3.05, 3.63) is 87.1 Å². The fourth-order valence-electron chi connectivity index (χ4n) is 3.95. The molecule has 0 aliphatic heterocycles. The monoisotopic (exact) mass is 575 g/mol. The molecule has 10 heteroatoms. The van der Waals surface area contributed by atoms with Crippen molar-refractivity contribution in [1.29, 1.82) is 0 Å². The second kappa shape index (κ2) is 10.5. The van der Waals surface area contributed by atoms with Gasteiger partial charge in [-0.1, -0.05) is 34.1 Å². The number of carbonyl (C=O) groups is 1. The number of para-hydroxylation sites is 2. The first-order chi connectivity index (χ1) is 18.4. The lowest BCUT2D eigenvalue weighted by atomic mass is 10.2. The van der Waals surface area contributed by atoms with E-state index in [1.54, 1.807) is 49.4 Å². The summed E-state index contributed by atoms with van der Waals surface area (Å²) in [6, 6.07) is 19.6. The van der Waals surface area contributed by atoms with Crippen LogP contribution in [0.3, 0.4) is 0 Å². The molecular weight excluding hydrogens is 554 g/mol. The van der Waals surface area contributed by atoms with Crippen LogP contribution in [0.15, 0.2) is 85.5 Å². The van der Waals surface area contributed by atoms with E-state index in [0.29, 0.717) is 33.6 Å². The molecule has 0 spiro atoms. The zero-order valence-corrected chi connectivity index (χ0v) is 22.3. The first-order valence-corrected chi connectivity index (χ1v) is 12.4. The number of rotatable bonds is 7. The maximum atomic E-state index is 13.6. The molecule has 5 aromatic rings. The Kier molecular flexibility index (Phi) is 6.97. The number of halogens is 1. The van der Waals surface area contributed by atoms with E-state index in [4.69, 9.17) is 23.6 Å². The van der Waals surface area contributed by atoms with Crippen molar-refractivity contribution in [3.63, 3.8) is 0 Å². The molecule has 5 rings (SSSR count). The maximum absolute atomic E-state index is 13.6. The highest BCUT2D eigenvalue weighted by Gasteiger charge is 2.20. The minimum atomic E-state index is -0.904. The van der Waals surface area contributed by atoms with Crippen LogP contribution >= 0.6 is 15.9 Å². The van der Waals surface area contributed by atoms with Gasteiger partial charge < -0.3 is 18.6 Å². The Bertz CT molecular complexity index is 1760. The summed E-state index contributed by atoms with van der Waals surface area (Å²) in [4.78, 5) is 30.3. The number of nitrogens with zero attached hydrogens (tertiary/aromatic N) is 3. The number of benzene rings is 3. The van der Waals surface area contributed by atoms with Crippen molar-refractivity contribution in [2.24, 2.45) is 5.10 Å². The van der Waals surface area contributed by atoms with E-state index in [2.05, 4.69) is 21.0 Å². The number of aromatic nitrogens is 2. The molecule has 0 amide bonds. The first-order valence-electron chi connectivity index (χ1n) is 11.6. The van der Waals surface area contributed by atoms with Crippen molar-refractivity contribution < 1.29 is 23.4 Å². The van der Waals surface area contributed by atoms with E-state index in [-0.39, 0.29) is 17.1 Å². The highest BCUT2D eigenvalue weighted by molar-refractivity contribution is 9.10. The van der Waals surface area contributed by atoms with Gasteiger partial charge in [-0.3, -0.25) is 4.79 Å². The molecule has 1 atom stereocenters. The van der Waals surface area contributed by atoms with Crippen LogP contribution in [-0.2, 0) is 9.53 Å². The second-order valence-electron chi connectivity index (χ2n) is 8.27. The number of methoxy groups -OCH3 is 2. The quantitative estimate of drug-likeness (QED) is 0.189. The van der Waals surface area contributed by atoms with E-state index < -0.39 is 12.1 Å². The summed E-state index contributed by atoms with van der Waals surface area (Å²) in [5.74, 6) is 0.711. The molecule has 2 aromatic heterocycles. The molecule has 0 aliphatic carbocycles. The molecule has 0 aliphatic rings. The van der Waals surface area contributed by atoms with Gasteiger partial charge in [0.15, 0.2) is 23.4 Å². The number of carbonyl (C=O) groups excluding carboxylic acids is 1. The lowest BCUT2D eigenvalue weighted by molar-refractivity contribution is -0.147. The van der Waals surface area contributed by atoms with Gasteiger partial charge in [-0.25, -0.2) is 9.78 Å². The Morgan fingerprint density at radius 1 is 1.11 bits per heavy atom. The van der Waals surface area contributed by atoms with Gasteiger partial charge in [-0.05, 0) is 55.5 Å². The van der Waals surface area contributed by atoms with Gasteiger partial charge in [0, 0.05) is 15.4 Å². The molecule has 0 saturated heterocycles.